The summed E-state index contributed by atoms with van der Waals surface area (Å²) in [6.07, 6.45) is 1.72. The number of fused-ring (bicyclic) bond motifs is 1. The van der Waals surface area contributed by atoms with Gasteiger partial charge in [0.15, 0.2) is 0 Å². The van der Waals surface area contributed by atoms with Crippen molar-refractivity contribution in [2.45, 2.75) is 6.92 Å². The molecule has 0 aliphatic rings. The predicted molar refractivity (Wildman–Crippen MR) is 48.3 cm³/mol. The van der Waals surface area contributed by atoms with Gasteiger partial charge in [0, 0.05) is 12.7 Å². The van der Waals surface area contributed by atoms with Crippen molar-refractivity contribution in [3.05, 3.63) is 23.0 Å². The van der Waals surface area contributed by atoms with Gasteiger partial charge in [0.1, 0.15) is 11.0 Å². The molecule has 2 rings (SSSR count). The maximum absolute atomic E-state index is 6.01. The third-order valence-electron chi connectivity index (χ3n) is 1.78. The highest BCUT2D eigenvalue weighted by atomic mass is 35.5. The molecule has 0 atom stereocenters. The van der Waals surface area contributed by atoms with E-state index < -0.39 is 0 Å². The van der Waals surface area contributed by atoms with Crippen LogP contribution in [0.4, 0.5) is 0 Å². The van der Waals surface area contributed by atoms with Gasteiger partial charge in [-0.25, -0.2) is 4.98 Å². The molecular formula is C8H8ClN3. The average molecular weight is 182 g/mol. The molecule has 0 N–H and O–H groups in total. The van der Waals surface area contributed by atoms with Crippen molar-refractivity contribution in [1.82, 2.24) is 14.8 Å². The summed E-state index contributed by atoms with van der Waals surface area (Å²) in [5.74, 6) is 0. The molecule has 0 saturated heterocycles. The van der Waals surface area contributed by atoms with E-state index in [4.69, 9.17) is 11.6 Å². The van der Waals surface area contributed by atoms with Gasteiger partial charge in [0.25, 0.3) is 0 Å². The summed E-state index contributed by atoms with van der Waals surface area (Å²) >= 11 is 6.01. The number of pyridine rings is 1. The lowest BCUT2D eigenvalue weighted by molar-refractivity contribution is 0.797. The summed E-state index contributed by atoms with van der Waals surface area (Å²) in [6, 6.07) is 1.84. The average Bonchev–Trinajstić information content (AvgIpc) is 2.31. The molecular weight excluding hydrogens is 174 g/mol. The van der Waals surface area contributed by atoms with Crippen molar-refractivity contribution in [3.63, 3.8) is 0 Å². The third-order valence-corrected chi connectivity index (χ3v) is 2.07. The van der Waals surface area contributed by atoms with Gasteiger partial charge < -0.3 is 0 Å². The zero-order valence-electron chi connectivity index (χ0n) is 6.87. The van der Waals surface area contributed by atoms with Gasteiger partial charge in [-0.15, -0.1) is 0 Å². The minimum atomic E-state index is 0.706. The van der Waals surface area contributed by atoms with Crippen LogP contribution in [0.5, 0.6) is 0 Å². The minimum absolute atomic E-state index is 0.706. The SMILES string of the molecule is Cc1cc(Cl)c2c(cnn2C)n1. The van der Waals surface area contributed by atoms with Crippen LogP contribution in [0, 0.1) is 6.92 Å². The molecule has 0 saturated carbocycles. The summed E-state index contributed by atoms with van der Waals surface area (Å²) in [5, 5.41) is 4.77. The lowest BCUT2D eigenvalue weighted by Crippen LogP contribution is -1.90. The van der Waals surface area contributed by atoms with Crippen LogP contribution in [0.1, 0.15) is 5.69 Å². The Kier molecular flexibility index (Phi) is 1.54. The predicted octanol–water partition coefficient (Wildman–Crippen LogP) is 1.93. The van der Waals surface area contributed by atoms with E-state index >= 15 is 0 Å². The topological polar surface area (TPSA) is 30.7 Å². The molecule has 0 aliphatic carbocycles. The van der Waals surface area contributed by atoms with Crippen LogP contribution >= 0.6 is 11.6 Å². The van der Waals surface area contributed by atoms with E-state index in [2.05, 4.69) is 10.1 Å². The van der Waals surface area contributed by atoms with Crippen LogP contribution in [0.25, 0.3) is 11.0 Å². The molecule has 2 aromatic rings. The Labute approximate surface area is 75.0 Å². The Hall–Kier alpha value is -1.09. The molecule has 2 aromatic heterocycles. The van der Waals surface area contributed by atoms with Crippen LogP contribution in [-0.4, -0.2) is 14.8 Å². The highest BCUT2D eigenvalue weighted by Crippen LogP contribution is 2.21. The van der Waals surface area contributed by atoms with E-state index in [0.29, 0.717) is 5.02 Å². The molecule has 0 bridgehead atoms. The second-order valence-corrected chi connectivity index (χ2v) is 3.15. The first-order valence-corrected chi connectivity index (χ1v) is 4.01. The first-order chi connectivity index (χ1) is 5.68. The Morgan fingerprint density at radius 2 is 2.25 bits per heavy atom. The smallest absolute Gasteiger partial charge is 0.110 e. The maximum Gasteiger partial charge on any atom is 0.110 e. The van der Waals surface area contributed by atoms with Gasteiger partial charge in [-0.05, 0) is 13.0 Å². The zero-order chi connectivity index (χ0) is 8.72. The monoisotopic (exact) mass is 181 g/mol. The van der Waals surface area contributed by atoms with E-state index in [0.717, 1.165) is 16.7 Å². The number of aromatic nitrogens is 3. The van der Waals surface area contributed by atoms with E-state index in [1.54, 1.807) is 10.9 Å². The van der Waals surface area contributed by atoms with E-state index in [1.165, 1.54) is 0 Å². The molecule has 0 amide bonds. The molecule has 4 heteroatoms. The summed E-state index contributed by atoms with van der Waals surface area (Å²) < 4.78 is 1.73. The van der Waals surface area contributed by atoms with Crippen LogP contribution in [0.2, 0.25) is 5.02 Å². The van der Waals surface area contributed by atoms with Crippen LogP contribution in [-0.2, 0) is 7.05 Å². The van der Waals surface area contributed by atoms with Crippen molar-refractivity contribution in [3.8, 4) is 0 Å². The van der Waals surface area contributed by atoms with Gasteiger partial charge in [-0.2, -0.15) is 5.10 Å². The number of halogens is 1. The number of rotatable bonds is 0. The van der Waals surface area contributed by atoms with Crippen LogP contribution in [0.15, 0.2) is 12.3 Å². The molecule has 3 nitrogen and oxygen atoms in total. The fourth-order valence-corrected chi connectivity index (χ4v) is 1.64. The van der Waals surface area contributed by atoms with Crippen molar-refractivity contribution in [2.24, 2.45) is 7.05 Å². The van der Waals surface area contributed by atoms with E-state index in [1.807, 2.05) is 20.0 Å². The van der Waals surface area contributed by atoms with Gasteiger partial charge in [-0.3, -0.25) is 4.68 Å². The molecule has 0 fully saturated rings. The first kappa shape index (κ1) is 7.55. The van der Waals surface area contributed by atoms with Gasteiger partial charge in [-0.1, -0.05) is 11.6 Å². The Morgan fingerprint density at radius 1 is 1.50 bits per heavy atom. The Bertz CT molecular complexity index is 433. The maximum atomic E-state index is 6.01. The van der Waals surface area contributed by atoms with Crippen molar-refractivity contribution in [2.75, 3.05) is 0 Å². The van der Waals surface area contributed by atoms with Crippen molar-refractivity contribution < 1.29 is 0 Å². The van der Waals surface area contributed by atoms with Gasteiger partial charge >= 0.3 is 0 Å². The van der Waals surface area contributed by atoms with Crippen LogP contribution < -0.4 is 0 Å². The highest BCUT2D eigenvalue weighted by molar-refractivity contribution is 6.34. The molecule has 0 radical (unpaired) electrons. The minimum Gasteiger partial charge on any atom is -0.265 e. The zero-order valence-corrected chi connectivity index (χ0v) is 7.63. The highest BCUT2D eigenvalue weighted by Gasteiger charge is 2.05. The van der Waals surface area contributed by atoms with Crippen molar-refractivity contribution >= 4 is 22.6 Å². The van der Waals surface area contributed by atoms with Gasteiger partial charge in [0.2, 0.25) is 0 Å². The summed E-state index contributed by atoms with van der Waals surface area (Å²) in [4.78, 5) is 4.29. The number of aryl methyl sites for hydroxylation is 2. The second kappa shape index (κ2) is 2.45. The number of nitrogens with zero attached hydrogens (tertiary/aromatic N) is 3. The normalized spacial score (nSPS) is 10.9. The quantitative estimate of drug-likeness (QED) is 0.622. The molecule has 0 aromatic carbocycles. The second-order valence-electron chi connectivity index (χ2n) is 2.75. The van der Waals surface area contributed by atoms with E-state index in [-0.39, 0.29) is 0 Å². The Balaban J connectivity index is 2.93. The fourth-order valence-electron chi connectivity index (χ4n) is 1.26. The lowest BCUT2D eigenvalue weighted by Gasteiger charge is -1.97. The molecule has 0 unspecified atom stereocenters. The third kappa shape index (κ3) is 0.975. The first-order valence-electron chi connectivity index (χ1n) is 3.63. The molecule has 62 valence electrons. The largest absolute Gasteiger partial charge is 0.265 e. The molecule has 0 spiro atoms. The van der Waals surface area contributed by atoms with Crippen LogP contribution in [0.3, 0.4) is 0 Å². The summed E-state index contributed by atoms with van der Waals surface area (Å²) in [7, 11) is 1.85. The number of hydrogen-bond acceptors (Lipinski definition) is 2. The van der Waals surface area contributed by atoms with Gasteiger partial charge in [0.05, 0.1) is 11.2 Å². The summed E-state index contributed by atoms with van der Waals surface area (Å²) in [5.41, 5.74) is 2.66. The standard InChI is InChI=1S/C8H8ClN3/c1-5-3-6(9)8-7(11-5)4-10-12(8)2/h3-4H,1-2H3. The van der Waals surface area contributed by atoms with E-state index in [9.17, 15) is 0 Å². The summed E-state index contributed by atoms with van der Waals surface area (Å²) in [6.45, 7) is 1.92. The Morgan fingerprint density at radius 3 is 3.00 bits per heavy atom. The fraction of sp³-hybridized carbons (Fsp3) is 0.250. The van der Waals surface area contributed by atoms with Crippen molar-refractivity contribution in [1.29, 1.82) is 0 Å². The number of hydrogen-bond donors (Lipinski definition) is 0. The molecule has 2 heterocycles. The molecule has 12 heavy (non-hydrogen) atoms. The lowest BCUT2D eigenvalue weighted by atomic mass is 10.3. The molecule has 0 aliphatic heterocycles.